The van der Waals surface area contributed by atoms with E-state index in [0.717, 1.165) is 0 Å². The van der Waals surface area contributed by atoms with Gasteiger partial charge in [0.15, 0.2) is 5.43 Å². The summed E-state index contributed by atoms with van der Waals surface area (Å²) in [5.74, 6) is 1.21. The van der Waals surface area contributed by atoms with E-state index in [4.69, 9.17) is 23.7 Å². The van der Waals surface area contributed by atoms with Gasteiger partial charge in [-0.3, -0.25) is 4.79 Å². The molecule has 7 heteroatoms. The normalized spacial score (nSPS) is 17.1. The SMILES string of the molecule is O=c1c2cccc3c2[nH]c2c(cccc12)OCCOCCOCCOCCO3. The second kappa shape index (κ2) is 9.05. The highest BCUT2D eigenvalue weighted by Gasteiger charge is 2.13. The van der Waals surface area contributed by atoms with E-state index in [1.807, 2.05) is 24.3 Å². The summed E-state index contributed by atoms with van der Waals surface area (Å²) >= 11 is 0. The monoisotopic (exact) mass is 385 g/mol. The highest BCUT2D eigenvalue weighted by Crippen LogP contribution is 2.28. The molecule has 0 fully saturated rings. The Bertz CT molecular complexity index is 924. The van der Waals surface area contributed by atoms with E-state index in [0.29, 0.717) is 86.2 Å². The van der Waals surface area contributed by atoms with Crippen LogP contribution in [0.25, 0.3) is 21.8 Å². The Morgan fingerprint density at radius 3 is 1.50 bits per heavy atom. The third-order valence-corrected chi connectivity index (χ3v) is 4.51. The maximum Gasteiger partial charge on any atom is 0.197 e. The standard InChI is InChI=1S/C21H23NO6/c23-21-15-3-1-5-17-19(15)22-20-16(21)4-2-6-18(20)28-14-12-26-10-8-24-7-9-25-11-13-27-17/h1-6H,7-14H2,(H,22,23). The Hall–Kier alpha value is -2.61. The summed E-state index contributed by atoms with van der Waals surface area (Å²) in [6.45, 7) is 3.62. The van der Waals surface area contributed by atoms with E-state index in [-0.39, 0.29) is 5.43 Å². The van der Waals surface area contributed by atoms with E-state index in [2.05, 4.69) is 4.98 Å². The lowest BCUT2D eigenvalue weighted by molar-refractivity contribution is 0.00506. The number of aromatic amines is 1. The van der Waals surface area contributed by atoms with Crippen molar-refractivity contribution in [1.29, 1.82) is 0 Å². The molecular weight excluding hydrogens is 362 g/mol. The molecule has 148 valence electrons. The van der Waals surface area contributed by atoms with E-state index < -0.39 is 0 Å². The smallest absolute Gasteiger partial charge is 0.197 e. The van der Waals surface area contributed by atoms with Gasteiger partial charge in [0.2, 0.25) is 0 Å². The highest BCUT2D eigenvalue weighted by molar-refractivity contribution is 5.97. The fraction of sp³-hybridized carbons (Fsp3) is 0.381. The van der Waals surface area contributed by atoms with Gasteiger partial charge in [-0.1, -0.05) is 12.1 Å². The van der Waals surface area contributed by atoms with Gasteiger partial charge in [-0.2, -0.15) is 0 Å². The van der Waals surface area contributed by atoms with Crippen LogP contribution in [0.2, 0.25) is 0 Å². The molecule has 1 aliphatic rings. The third kappa shape index (κ3) is 4.11. The summed E-state index contributed by atoms with van der Waals surface area (Å²) in [7, 11) is 0. The first-order valence-corrected chi connectivity index (χ1v) is 9.41. The molecule has 4 rings (SSSR count). The van der Waals surface area contributed by atoms with Gasteiger partial charge in [-0.05, 0) is 24.3 Å². The molecule has 0 aliphatic carbocycles. The lowest BCUT2D eigenvalue weighted by atomic mass is 10.1. The molecule has 1 aliphatic heterocycles. The molecule has 2 bridgehead atoms. The molecule has 0 amide bonds. The third-order valence-electron chi connectivity index (χ3n) is 4.51. The zero-order valence-corrected chi connectivity index (χ0v) is 15.6. The van der Waals surface area contributed by atoms with Crippen LogP contribution in [0.4, 0.5) is 0 Å². The molecule has 7 nitrogen and oxygen atoms in total. The van der Waals surface area contributed by atoms with E-state index >= 15 is 0 Å². The van der Waals surface area contributed by atoms with Crippen LogP contribution in [-0.2, 0) is 14.2 Å². The minimum atomic E-state index is -0.0568. The lowest BCUT2D eigenvalue weighted by Crippen LogP contribution is -2.15. The van der Waals surface area contributed by atoms with Crippen molar-refractivity contribution in [2.45, 2.75) is 0 Å². The predicted molar refractivity (Wildman–Crippen MR) is 106 cm³/mol. The lowest BCUT2D eigenvalue weighted by Gasteiger charge is -2.14. The molecule has 2 aromatic carbocycles. The van der Waals surface area contributed by atoms with Crippen LogP contribution in [-0.4, -0.2) is 57.8 Å². The number of para-hydroxylation sites is 2. The minimum absolute atomic E-state index is 0.0568. The molecule has 2 heterocycles. The number of H-pyrrole nitrogens is 1. The summed E-state index contributed by atoms with van der Waals surface area (Å²) in [5, 5.41) is 1.16. The van der Waals surface area contributed by atoms with Gasteiger partial charge in [-0.25, -0.2) is 0 Å². The van der Waals surface area contributed by atoms with Crippen molar-refractivity contribution in [2.24, 2.45) is 0 Å². The Kier molecular flexibility index (Phi) is 6.06. The summed E-state index contributed by atoms with van der Waals surface area (Å²) in [4.78, 5) is 16.3. The van der Waals surface area contributed by atoms with E-state index in [9.17, 15) is 4.79 Å². The zero-order valence-electron chi connectivity index (χ0n) is 15.6. The molecule has 0 saturated heterocycles. The molecule has 0 spiro atoms. The van der Waals surface area contributed by atoms with Gasteiger partial charge in [0, 0.05) is 10.8 Å². The molecule has 1 N–H and O–H groups in total. The maximum atomic E-state index is 13.0. The van der Waals surface area contributed by atoms with Crippen LogP contribution in [0.3, 0.4) is 0 Å². The van der Waals surface area contributed by atoms with Crippen molar-refractivity contribution in [2.75, 3.05) is 52.9 Å². The number of hydrogen-bond acceptors (Lipinski definition) is 6. The van der Waals surface area contributed by atoms with Crippen molar-refractivity contribution in [3.63, 3.8) is 0 Å². The van der Waals surface area contributed by atoms with Crippen LogP contribution < -0.4 is 14.9 Å². The van der Waals surface area contributed by atoms with E-state index in [1.165, 1.54) is 0 Å². The molecule has 0 atom stereocenters. The fourth-order valence-electron chi connectivity index (χ4n) is 3.17. The molecule has 0 saturated carbocycles. The van der Waals surface area contributed by atoms with Crippen molar-refractivity contribution in [3.05, 3.63) is 46.6 Å². The average Bonchev–Trinajstić information content (AvgIpc) is 2.71. The molecular formula is C21H23NO6. The Labute approximate surface area is 162 Å². The maximum absolute atomic E-state index is 13.0. The van der Waals surface area contributed by atoms with Crippen LogP contribution in [0.1, 0.15) is 0 Å². The first kappa shape index (κ1) is 18.7. The van der Waals surface area contributed by atoms with Gasteiger partial charge in [0.25, 0.3) is 0 Å². The van der Waals surface area contributed by atoms with Crippen LogP contribution in [0.5, 0.6) is 11.5 Å². The van der Waals surface area contributed by atoms with Gasteiger partial charge < -0.3 is 28.7 Å². The first-order chi connectivity index (χ1) is 13.8. The number of benzene rings is 2. The Balaban J connectivity index is 1.72. The Morgan fingerprint density at radius 2 is 1.04 bits per heavy atom. The van der Waals surface area contributed by atoms with Gasteiger partial charge in [-0.15, -0.1) is 0 Å². The van der Waals surface area contributed by atoms with Gasteiger partial charge >= 0.3 is 0 Å². The largest absolute Gasteiger partial charge is 0.489 e. The van der Waals surface area contributed by atoms with Crippen molar-refractivity contribution >= 4 is 21.8 Å². The first-order valence-electron chi connectivity index (χ1n) is 9.41. The van der Waals surface area contributed by atoms with Gasteiger partial charge in [0.1, 0.15) is 24.7 Å². The quantitative estimate of drug-likeness (QED) is 0.599. The summed E-state index contributed by atoms with van der Waals surface area (Å²) in [5.41, 5.74) is 1.24. The second-order valence-electron chi connectivity index (χ2n) is 6.35. The summed E-state index contributed by atoms with van der Waals surface area (Å²) < 4.78 is 28.2. The molecule has 0 unspecified atom stereocenters. The average molecular weight is 385 g/mol. The topological polar surface area (TPSA) is 79.0 Å². The predicted octanol–water partition coefficient (Wildman–Crippen LogP) is 2.50. The van der Waals surface area contributed by atoms with Crippen molar-refractivity contribution in [1.82, 2.24) is 4.98 Å². The number of hydrogen-bond donors (Lipinski definition) is 1. The van der Waals surface area contributed by atoms with Gasteiger partial charge in [0.05, 0.1) is 50.7 Å². The number of pyridine rings is 1. The molecule has 0 radical (unpaired) electrons. The summed E-state index contributed by atoms with van der Waals surface area (Å²) in [6.07, 6.45) is 0. The summed E-state index contributed by atoms with van der Waals surface area (Å²) in [6, 6.07) is 10.9. The van der Waals surface area contributed by atoms with Crippen LogP contribution in [0, 0.1) is 0 Å². The number of rotatable bonds is 0. The molecule has 1 aromatic heterocycles. The number of nitrogens with one attached hydrogen (secondary N) is 1. The van der Waals surface area contributed by atoms with Crippen molar-refractivity contribution < 1.29 is 23.7 Å². The number of ether oxygens (including phenoxy) is 5. The Morgan fingerprint density at radius 1 is 0.607 bits per heavy atom. The van der Waals surface area contributed by atoms with Crippen LogP contribution >= 0.6 is 0 Å². The second-order valence-corrected chi connectivity index (χ2v) is 6.35. The van der Waals surface area contributed by atoms with Crippen molar-refractivity contribution in [3.8, 4) is 11.5 Å². The fourth-order valence-corrected chi connectivity index (χ4v) is 3.17. The number of aromatic nitrogens is 1. The molecule has 3 aromatic rings. The van der Waals surface area contributed by atoms with E-state index in [1.54, 1.807) is 12.1 Å². The minimum Gasteiger partial charge on any atom is -0.489 e. The molecule has 28 heavy (non-hydrogen) atoms. The van der Waals surface area contributed by atoms with Crippen LogP contribution in [0.15, 0.2) is 41.2 Å². The zero-order chi connectivity index (χ0) is 19.2. The highest BCUT2D eigenvalue weighted by atomic mass is 16.6.